The molecule has 1 aromatic heterocycles. The number of carboxylic acid groups (broad SMARTS) is 1. The fraction of sp³-hybridized carbons (Fsp3) is 0.500. The van der Waals surface area contributed by atoms with E-state index in [1.165, 1.54) is 4.90 Å². The van der Waals surface area contributed by atoms with E-state index < -0.39 is 12.0 Å². The first kappa shape index (κ1) is 15.0. The largest absolute Gasteiger partial charge is 0.465 e. The standard InChI is InChI=1S/C12H17N5O4/c1-7(5-18)13-6-14-11(19)10-8-4-17(12(20)21)3-2-9(8)15-16-10/h18H,2-6H2,1H3,(H,14,19)(H,15,16)(H,20,21)/b13-7+. The summed E-state index contributed by atoms with van der Waals surface area (Å²) >= 11 is 0. The Bertz CT molecular complexity index is 580. The molecule has 0 fully saturated rings. The van der Waals surface area contributed by atoms with Crippen molar-refractivity contribution < 1.29 is 19.8 Å². The van der Waals surface area contributed by atoms with E-state index in [0.29, 0.717) is 29.9 Å². The maximum absolute atomic E-state index is 12.0. The second-order valence-corrected chi connectivity index (χ2v) is 4.69. The average Bonchev–Trinajstić information content (AvgIpc) is 2.89. The van der Waals surface area contributed by atoms with Crippen LogP contribution in [0.2, 0.25) is 0 Å². The number of aliphatic hydroxyl groups is 1. The number of carbonyl (C=O) groups is 2. The van der Waals surface area contributed by atoms with Gasteiger partial charge in [-0.15, -0.1) is 0 Å². The highest BCUT2D eigenvalue weighted by Crippen LogP contribution is 2.20. The second kappa shape index (κ2) is 6.35. The number of nitrogens with zero attached hydrogens (tertiary/aromatic N) is 3. The summed E-state index contributed by atoms with van der Waals surface area (Å²) in [4.78, 5) is 28.2. The monoisotopic (exact) mass is 295 g/mol. The van der Waals surface area contributed by atoms with Crippen molar-refractivity contribution in [1.29, 1.82) is 0 Å². The lowest BCUT2D eigenvalue weighted by molar-refractivity contribution is 0.0945. The summed E-state index contributed by atoms with van der Waals surface area (Å²) in [5.74, 6) is -0.398. The molecule has 2 heterocycles. The predicted molar refractivity (Wildman–Crippen MR) is 73.3 cm³/mol. The lowest BCUT2D eigenvalue weighted by atomic mass is 10.1. The molecular weight excluding hydrogens is 278 g/mol. The summed E-state index contributed by atoms with van der Waals surface area (Å²) in [5, 5.41) is 27.1. The van der Waals surface area contributed by atoms with E-state index >= 15 is 0 Å². The van der Waals surface area contributed by atoms with Crippen LogP contribution < -0.4 is 5.32 Å². The number of aromatic amines is 1. The number of hydrogen-bond donors (Lipinski definition) is 4. The molecule has 0 atom stereocenters. The van der Waals surface area contributed by atoms with Crippen LogP contribution in [0.1, 0.15) is 28.7 Å². The summed E-state index contributed by atoms with van der Waals surface area (Å²) in [6, 6.07) is 0. The SMILES string of the molecule is C/C(CO)=N\CNC(=O)c1[nH]nc2c1CN(C(=O)O)CC2. The minimum atomic E-state index is -1.02. The number of fused-ring (bicyclic) bond motifs is 1. The van der Waals surface area contributed by atoms with Crippen molar-refractivity contribution in [3.05, 3.63) is 17.0 Å². The minimum absolute atomic E-state index is 0.0433. The molecule has 2 rings (SSSR count). The Labute approximate surface area is 120 Å². The number of H-pyrrole nitrogens is 1. The van der Waals surface area contributed by atoms with E-state index in [0.717, 1.165) is 0 Å². The maximum atomic E-state index is 12.0. The number of aliphatic hydroxyl groups excluding tert-OH is 1. The fourth-order valence-electron chi connectivity index (χ4n) is 2.03. The van der Waals surface area contributed by atoms with Crippen molar-refractivity contribution in [2.75, 3.05) is 19.8 Å². The minimum Gasteiger partial charge on any atom is -0.465 e. The Morgan fingerprint density at radius 1 is 1.52 bits per heavy atom. The average molecular weight is 295 g/mol. The number of rotatable bonds is 4. The summed E-state index contributed by atoms with van der Waals surface area (Å²) in [5.41, 5.74) is 2.09. The molecule has 114 valence electrons. The molecule has 1 aliphatic rings. The molecule has 1 aliphatic heterocycles. The van der Waals surface area contributed by atoms with Gasteiger partial charge in [0.15, 0.2) is 0 Å². The van der Waals surface area contributed by atoms with Gasteiger partial charge in [0.1, 0.15) is 12.4 Å². The molecule has 0 saturated carbocycles. The fourth-order valence-corrected chi connectivity index (χ4v) is 2.03. The molecule has 2 amide bonds. The third-order valence-corrected chi connectivity index (χ3v) is 3.24. The third-order valence-electron chi connectivity index (χ3n) is 3.24. The first-order valence-corrected chi connectivity index (χ1v) is 6.46. The maximum Gasteiger partial charge on any atom is 0.407 e. The van der Waals surface area contributed by atoms with Gasteiger partial charge < -0.3 is 20.4 Å². The third kappa shape index (κ3) is 3.37. The van der Waals surface area contributed by atoms with Gasteiger partial charge in [0.25, 0.3) is 5.91 Å². The Hall–Kier alpha value is -2.42. The van der Waals surface area contributed by atoms with Gasteiger partial charge in [-0.25, -0.2) is 4.79 Å². The molecule has 0 radical (unpaired) electrons. The summed E-state index contributed by atoms with van der Waals surface area (Å²) < 4.78 is 0. The highest BCUT2D eigenvalue weighted by molar-refractivity contribution is 5.94. The molecule has 0 spiro atoms. The first-order chi connectivity index (χ1) is 10.0. The Morgan fingerprint density at radius 3 is 2.95 bits per heavy atom. The van der Waals surface area contributed by atoms with Crippen LogP contribution in [0.3, 0.4) is 0 Å². The number of amides is 2. The van der Waals surface area contributed by atoms with Crippen LogP contribution >= 0.6 is 0 Å². The zero-order valence-electron chi connectivity index (χ0n) is 11.6. The molecule has 9 heteroatoms. The summed E-state index contributed by atoms with van der Waals surface area (Å²) in [7, 11) is 0. The van der Waals surface area contributed by atoms with Crippen LogP contribution in [0.4, 0.5) is 4.79 Å². The van der Waals surface area contributed by atoms with Gasteiger partial charge in [0.2, 0.25) is 0 Å². The van der Waals surface area contributed by atoms with Crippen LogP contribution in [0.25, 0.3) is 0 Å². The molecule has 1 aromatic rings. The molecule has 4 N–H and O–H groups in total. The van der Waals surface area contributed by atoms with Crippen molar-refractivity contribution in [1.82, 2.24) is 20.4 Å². The van der Waals surface area contributed by atoms with Gasteiger partial charge in [0.05, 0.1) is 18.8 Å². The molecular formula is C12H17N5O4. The molecule has 0 unspecified atom stereocenters. The Kier molecular flexibility index (Phi) is 4.53. The number of hydrogen-bond acceptors (Lipinski definition) is 5. The lowest BCUT2D eigenvalue weighted by Gasteiger charge is -2.23. The highest BCUT2D eigenvalue weighted by Gasteiger charge is 2.27. The molecule has 0 saturated heterocycles. The summed E-state index contributed by atoms with van der Waals surface area (Å²) in [6.07, 6.45) is -0.538. The zero-order valence-corrected chi connectivity index (χ0v) is 11.6. The van der Waals surface area contributed by atoms with Crippen LogP contribution in [0.15, 0.2) is 4.99 Å². The van der Waals surface area contributed by atoms with Crippen molar-refractivity contribution in [2.24, 2.45) is 4.99 Å². The summed E-state index contributed by atoms with van der Waals surface area (Å²) in [6.45, 7) is 2.04. The van der Waals surface area contributed by atoms with Gasteiger partial charge in [-0.1, -0.05) is 0 Å². The van der Waals surface area contributed by atoms with Crippen molar-refractivity contribution in [3.8, 4) is 0 Å². The Morgan fingerprint density at radius 2 is 2.29 bits per heavy atom. The number of aromatic nitrogens is 2. The van der Waals surface area contributed by atoms with Gasteiger partial charge >= 0.3 is 6.09 Å². The molecule has 0 bridgehead atoms. The van der Waals surface area contributed by atoms with E-state index in [1.54, 1.807) is 6.92 Å². The van der Waals surface area contributed by atoms with Gasteiger partial charge in [-0.05, 0) is 6.92 Å². The second-order valence-electron chi connectivity index (χ2n) is 4.69. The van der Waals surface area contributed by atoms with E-state index in [4.69, 9.17) is 10.2 Å². The van der Waals surface area contributed by atoms with Gasteiger partial charge in [-0.3, -0.25) is 14.9 Å². The predicted octanol–water partition coefficient (Wildman–Crippen LogP) is -0.414. The van der Waals surface area contributed by atoms with Crippen molar-refractivity contribution in [2.45, 2.75) is 19.9 Å². The zero-order chi connectivity index (χ0) is 15.4. The normalized spacial score (nSPS) is 14.8. The highest BCUT2D eigenvalue weighted by atomic mass is 16.4. The quantitative estimate of drug-likeness (QED) is 0.561. The Balaban J connectivity index is 2.06. The number of aliphatic imine (C=N–C) groups is 1. The van der Waals surface area contributed by atoms with Gasteiger partial charge in [0, 0.05) is 24.2 Å². The van der Waals surface area contributed by atoms with Crippen LogP contribution in [0, 0.1) is 0 Å². The van der Waals surface area contributed by atoms with E-state index in [9.17, 15) is 9.59 Å². The molecule has 21 heavy (non-hydrogen) atoms. The molecule has 9 nitrogen and oxygen atoms in total. The van der Waals surface area contributed by atoms with Crippen molar-refractivity contribution >= 4 is 17.7 Å². The van der Waals surface area contributed by atoms with Crippen LogP contribution in [0.5, 0.6) is 0 Å². The van der Waals surface area contributed by atoms with E-state index in [2.05, 4.69) is 20.5 Å². The van der Waals surface area contributed by atoms with Gasteiger partial charge in [-0.2, -0.15) is 5.10 Å². The topological polar surface area (TPSA) is 131 Å². The number of carbonyl (C=O) groups excluding carboxylic acids is 1. The van der Waals surface area contributed by atoms with Crippen LogP contribution in [-0.4, -0.2) is 62.8 Å². The molecule has 0 aromatic carbocycles. The smallest absolute Gasteiger partial charge is 0.407 e. The van der Waals surface area contributed by atoms with E-state index in [-0.39, 0.29) is 25.5 Å². The molecule has 0 aliphatic carbocycles. The van der Waals surface area contributed by atoms with Crippen LogP contribution in [-0.2, 0) is 13.0 Å². The first-order valence-electron chi connectivity index (χ1n) is 6.46. The van der Waals surface area contributed by atoms with Crippen molar-refractivity contribution in [3.63, 3.8) is 0 Å². The number of nitrogens with one attached hydrogen (secondary N) is 2. The van der Waals surface area contributed by atoms with E-state index in [1.807, 2.05) is 0 Å². The lowest BCUT2D eigenvalue weighted by Crippen LogP contribution is -2.35.